The van der Waals surface area contributed by atoms with Crippen LogP contribution in [0.2, 0.25) is 5.02 Å². The molecule has 1 saturated heterocycles. The molecule has 0 unspecified atom stereocenters. The highest BCUT2D eigenvalue weighted by Gasteiger charge is 2.55. The van der Waals surface area contributed by atoms with Crippen molar-refractivity contribution in [3.63, 3.8) is 0 Å². The summed E-state index contributed by atoms with van der Waals surface area (Å²) in [6, 6.07) is 9.18. The molecule has 2 aromatic carbocycles. The van der Waals surface area contributed by atoms with Crippen molar-refractivity contribution in [3.05, 3.63) is 64.8 Å². The summed E-state index contributed by atoms with van der Waals surface area (Å²) in [7, 11) is 0. The van der Waals surface area contributed by atoms with E-state index in [4.69, 9.17) is 16.1 Å². The summed E-state index contributed by atoms with van der Waals surface area (Å²) in [5, 5.41) is 13.7. The van der Waals surface area contributed by atoms with Gasteiger partial charge in [-0.05, 0) is 36.8 Å². The molecule has 31 heavy (non-hydrogen) atoms. The van der Waals surface area contributed by atoms with E-state index in [0.717, 1.165) is 11.0 Å². The van der Waals surface area contributed by atoms with Gasteiger partial charge >= 0.3 is 0 Å². The molecule has 11 heteroatoms. The van der Waals surface area contributed by atoms with Gasteiger partial charge < -0.3 is 4.52 Å². The van der Waals surface area contributed by atoms with Crippen LogP contribution in [0.4, 0.5) is 10.1 Å². The molecule has 0 N–H and O–H groups in total. The average Bonchev–Trinajstić information content (AvgIpc) is 3.43. The molecule has 2 aliphatic heterocycles. The van der Waals surface area contributed by atoms with Gasteiger partial charge in [0.05, 0.1) is 5.69 Å². The molecule has 0 spiro atoms. The summed E-state index contributed by atoms with van der Waals surface area (Å²) in [5.74, 6) is -1.09. The molecule has 1 fully saturated rings. The standard InChI is InChI=1S/C20H14ClFN6O3/c1-10-5-6-13(8-14(10)22)28-19(29)16-17(20(28)30)27(26-24-16)9-15-23-18(25-31-15)11-3-2-4-12(21)7-11/h2-8,16-17H,9H2,1H3/t16-,17-/m0/s1. The number of hydrogen-bond acceptors (Lipinski definition) is 8. The molecule has 156 valence electrons. The maximum absolute atomic E-state index is 14.0. The number of amides is 2. The van der Waals surface area contributed by atoms with Gasteiger partial charge in [0.15, 0.2) is 12.1 Å². The Kier molecular flexibility index (Phi) is 4.51. The van der Waals surface area contributed by atoms with E-state index in [2.05, 4.69) is 20.5 Å². The number of rotatable bonds is 4. The van der Waals surface area contributed by atoms with E-state index in [9.17, 15) is 14.0 Å². The first-order valence-electron chi connectivity index (χ1n) is 9.32. The number of nitrogens with zero attached hydrogens (tertiary/aromatic N) is 6. The van der Waals surface area contributed by atoms with Gasteiger partial charge in [-0.25, -0.2) is 9.29 Å². The van der Waals surface area contributed by atoms with E-state index in [1.165, 1.54) is 17.1 Å². The van der Waals surface area contributed by atoms with Crippen molar-refractivity contribution in [3.8, 4) is 11.4 Å². The lowest BCUT2D eigenvalue weighted by Gasteiger charge is -2.19. The van der Waals surface area contributed by atoms with Crippen molar-refractivity contribution < 1.29 is 18.5 Å². The molecule has 3 aromatic rings. The van der Waals surface area contributed by atoms with Crippen LogP contribution in [-0.4, -0.2) is 39.0 Å². The Labute approximate surface area is 180 Å². The minimum Gasteiger partial charge on any atom is -0.337 e. The molecule has 9 nitrogen and oxygen atoms in total. The summed E-state index contributed by atoms with van der Waals surface area (Å²) in [4.78, 5) is 31.0. The van der Waals surface area contributed by atoms with Gasteiger partial charge in [-0.15, -0.1) is 0 Å². The van der Waals surface area contributed by atoms with Crippen molar-refractivity contribution in [2.75, 3.05) is 4.90 Å². The van der Waals surface area contributed by atoms with E-state index in [1.807, 2.05) is 0 Å². The van der Waals surface area contributed by atoms with Crippen LogP contribution < -0.4 is 4.90 Å². The SMILES string of the molecule is Cc1ccc(N2C(=O)[C@H]3N=NN(Cc4nc(-c5cccc(Cl)c5)no4)[C@@H]3C2=O)cc1F. The van der Waals surface area contributed by atoms with Gasteiger partial charge in [-0.2, -0.15) is 10.1 Å². The van der Waals surface area contributed by atoms with Crippen LogP contribution in [0, 0.1) is 12.7 Å². The van der Waals surface area contributed by atoms with E-state index >= 15 is 0 Å². The Bertz CT molecular complexity index is 1250. The fourth-order valence-electron chi connectivity index (χ4n) is 3.53. The third kappa shape index (κ3) is 3.25. The number of benzene rings is 2. The largest absolute Gasteiger partial charge is 0.337 e. The number of aromatic nitrogens is 2. The highest BCUT2D eigenvalue weighted by Crippen LogP contribution is 2.33. The van der Waals surface area contributed by atoms with Gasteiger partial charge in [0.25, 0.3) is 11.8 Å². The predicted octanol–water partition coefficient (Wildman–Crippen LogP) is 3.33. The minimum atomic E-state index is -1.01. The number of imide groups is 1. The molecule has 0 bridgehead atoms. The third-order valence-electron chi connectivity index (χ3n) is 5.12. The summed E-state index contributed by atoms with van der Waals surface area (Å²) in [6.07, 6.45) is 0. The molecule has 3 heterocycles. The quantitative estimate of drug-likeness (QED) is 0.576. The fourth-order valence-corrected chi connectivity index (χ4v) is 3.72. The number of carbonyl (C=O) groups is 2. The molecular formula is C20H14ClFN6O3. The monoisotopic (exact) mass is 440 g/mol. The molecule has 5 rings (SSSR count). The molecule has 2 atom stereocenters. The van der Waals surface area contributed by atoms with Crippen molar-refractivity contribution in [2.45, 2.75) is 25.6 Å². The molecule has 0 aliphatic carbocycles. The highest BCUT2D eigenvalue weighted by atomic mass is 35.5. The first-order valence-corrected chi connectivity index (χ1v) is 9.70. The van der Waals surface area contributed by atoms with Gasteiger partial charge in [0, 0.05) is 10.6 Å². The zero-order valence-electron chi connectivity index (χ0n) is 16.1. The number of hydrogen-bond donors (Lipinski definition) is 0. The Morgan fingerprint density at radius 3 is 2.77 bits per heavy atom. The summed E-state index contributed by atoms with van der Waals surface area (Å²) >= 11 is 5.99. The lowest BCUT2D eigenvalue weighted by atomic mass is 10.1. The summed E-state index contributed by atoms with van der Waals surface area (Å²) < 4.78 is 19.2. The van der Waals surface area contributed by atoms with Crippen molar-refractivity contribution in [2.24, 2.45) is 10.3 Å². The van der Waals surface area contributed by atoms with Crippen molar-refractivity contribution in [1.29, 1.82) is 0 Å². The van der Waals surface area contributed by atoms with Crippen LogP contribution in [0.15, 0.2) is 57.3 Å². The highest BCUT2D eigenvalue weighted by molar-refractivity contribution is 6.30. The van der Waals surface area contributed by atoms with E-state index < -0.39 is 29.7 Å². The van der Waals surface area contributed by atoms with Crippen LogP contribution in [0.1, 0.15) is 11.5 Å². The normalized spacial score (nSPS) is 20.1. The molecular weight excluding hydrogens is 427 g/mol. The number of carbonyl (C=O) groups excluding carboxylic acids is 2. The van der Waals surface area contributed by atoms with Gasteiger partial charge in [0.2, 0.25) is 11.7 Å². The Morgan fingerprint density at radius 2 is 2.00 bits per heavy atom. The molecule has 2 amide bonds. The lowest BCUT2D eigenvalue weighted by molar-refractivity contribution is -0.123. The summed E-state index contributed by atoms with van der Waals surface area (Å²) in [5.41, 5.74) is 1.24. The Morgan fingerprint density at radius 1 is 1.16 bits per heavy atom. The summed E-state index contributed by atoms with van der Waals surface area (Å²) in [6.45, 7) is 1.58. The third-order valence-corrected chi connectivity index (χ3v) is 5.35. The van der Waals surface area contributed by atoms with E-state index in [0.29, 0.717) is 22.0 Å². The number of fused-ring (bicyclic) bond motifs is 1. The maximum atomic E-state index is 14.0. The number of anilines is 1. The predicted molar refractivity (Wildman–Crippen MR) is 106 cm³/mol. The van der Waals surface area contributed by atoms with Gasteiger partial charge in [-0.3, -0.25) is 14.6 Å². The second-order valence-electron chi connectivity index (χ2n) is 7.16. The fraction of sp³-hybridized carbons (Fsp3) is 0.200. The first kappa shape index (κ1) is 19.3. The molecule has 0 saturated carbocycles. The van der Waals surface area contributed by atoms with Crippen LogP contribution in [0.25, 0.3) is 11.4 Å². The van der Waals surface area contributed by atoms with Crippen molar-refractivity contribution >= 4 is 29.1 Å². The van der Waals surface area contributed by atoms with E-state index in [1.54, 1.807) is 31.2 Å². The molecule has 2 aliphatic rings. The number of aryl methyl sites for hydroxylation is 1. The first-order chi connectivity index (χ1) is 14.9. The Balaban J connectivity index is 1.37. The van der Waals surface area contributed by atoms with Gasteiger partial charge in [0.1, 0.15) is 12.4 Å². The molecule has 1 aromatic heterocycles. The smallest absolute Gasteiger partial charge is 0.263 e. The lowest BCUT2D eigenvalue weighted by Crippen LogP contribution is -2.39. The molecule has 0 radical (unpaired) electrons. The maximum Gasteiger partial charge on any atom is 0.263 e. The number of halogens is 2. The average molecular weight is 441 g/mol. The second-order valence-corrected chi connectivity index (χ2v) is 7.60. The van der Waals surface area contributed by atoms with Crippen LogP contribution in [-0.2, 0) is 16.1 Å². The zero-order valence-corrected chi connectivity index (χ0v) is 16.8. The topological polar surface area (TPSA) is 104 Å². The van der Waals surface area contributed by atoms with Crippen LogP contribution >= 0.6 is 11.6 Å². The second kappa shape index (κ2) is 7.24. The Hall–Kier alpha value is -3.66. The minimum absolute atomic E-state index is 0.0205. The van der Waals surface area contributed by atoms with Crippen molar-refractivity contribution in [1.82, 2.24) is 15.1 Å². The van der Waals surface area contributed by atoms with Crippen LogP contribution in [0.5, 0.6) is 0 Å². The zero-order chi connectivity index (χ0) is 21.7. The van der Waals surface area contributed by atoms with Crippen LogP contribution in [0.3, 0.4) is 0 Å². The van der Waals surface area contributed by atoms with Gasteiger partial charge in [-0.1, -0.05) is 40.2 Å². The van der Waals surface area contributed by atoms with E-state index in [-0.39, 0.29) is 18.1 Å².